The van der Waals surface area contributed by atoms with Crippen molar-refractivity contribution in [2.24, 2.45) is 0 Å². The number of amides is 2. The van der Waals surface area contributed by atoms with Crippen LogP contribution in [0.15, 0.2) is 69.1 Å². The van der Waals surface area contributed by atoms with Crippen LogP contribution in [0.4, 0.5) is 11.4 Å². The van der Waals surface area contributed by atoms with Crippen LogP contribution in [-0.4, -0.2) is 18.4 Å². The minimum Gasteiger partial charge on any atom is -0.481 e. The number of carbonyl (C=O) groups excluding carboxylic acids is 2. The second-order valence-electron chi connectivity index (χ2n) is 7.91. The number of benzene rings is 3. The van der Waals surface area contributed by atoms with E-state index in [9.17, 15) is 14.9 Å². The highest BCUT2D eigenvalue weighted by Gasteiger charge is 2.15. The van der Waals surface area contributed by atoms with Crippen LogP contribution in [0, 0.1) is 32.1 Å². The van der Waals surface area contributed by atoms with Gasteiger partial charge in [-0.1, -0.05) is 35.9 Å². The molecule has 0 fully saturated rings. The van der Waals surface area contributed by atoms with Crippen LogP contribution >= 0.6 is 31.9 Å². The van der Waals surface area contributed by atoms with Crippen molar-refractivity contribution < 1.29 is 14.3 Å². The van der Waals surface area contributed by atoms with Crippen molar-refractivity contribution in [3.8, 4) is 11.8 Å². The summed E-state index contributed by atoms with van der Waals surface area (Å²) in [6.45, 7) is 5.58. The van der Waals surface area contributed by atoms with E-state index in [1.54, 1.807) is 12.1 Å². The van der Waals surface area contributed by atoms with E-state index in [0.717, 1.165) is 22.4 Å². The molecule has 0 saturated carbocycles. The SMILES string of the molecule is Cc1ccc(NC(=O)/C(C#N)=C/c2cc(Br)c(OCC(=O)Nc3ccccc3C)c(Br)c2)c(C)c1. The third-order valence-electron chi connectivity index (χ3n) is 5.09. The number of ether oxygens (including phenoxy) is 1. The van der Waals surface area contributed by atoms with Crippen molar-refractivity contribution in [3.05, 3.63) is 91.4 Å². The van der Waals surface area contributed by atoms with Crippen molar-refractivity contribution in [2.45, 2.75) is 20.8 Å². The van der Waals surface area contributed by atoms with Crippen LogP contribution in [0.3, 0.4) is 0 Å². The van der Waals surface area contributed by atoms with E-state index in [1.165, 1.54) is 6.08 Å². The van der Waals surface area contributed by atoms with Gasteiger partial charge in [-0.3, -0.25) is 9.59 Å². The van der Waals surface area contributed by atoms with Gasteiger partial charge < -0.3 is 15.4 Å². The maximum absolute atomic E-state index is 12.7. The fraction of sp³-hybridized carbons (Fsp3) is 0.148. The van der Waals surface area contributed by atoms with E-state index in [-0.39, 0.29) is 18.1 Å². The van der Waals surface area contributed by atoms with Crippen LogP contribution in [0.5, 0.6) is 5.75 Å². The lowest BCUT2D eigenvalue weighted by Gasteiger charge is -2.13. The molecule has 35 heavy (non-hydrogen) atoms. The quantitative estimate of drug-likeness (QED) is 0.234. The Hall–Kier alpha value is -3.41. The number of rotatable bonds is 7. The smallest absolute Gasteiger partial charge is 0.266 e. The van der Waals surface area contributed by atoms with Crippen molar-refractivity contribution in [2.75, 3.05) is 17.2 Å². The molecule has 3 aromatic carbocycles. The first kappa shape index (κ1) is 26.2. The molecule has 0 heterocycles. The lowest BCUT2D eigenvalue weighted by molar-refractivity contribution is -0.118. The molecule has 0 spiro atoms. The van der Waals surface area contributed by atoms with Gasteiger partial charge in [0.1, 0.15) is 17.4 Å². The molecule has 0 unspecified atom stereocenters. The fourth-order valence-corrected chi connectivity index (χ4v) is 4.75. The minimum absolute atomic E-state index is 0.0462. The van der Waals surface area contributed by atoms with Gasteiger partial charge in [-0.25, -0.2) is 0 Å². The van der Waals surface area contributed by atoms with Gasteiger partial charge in [0.2, 0.25) is 0 Å². The Kier molecular flexibility index (Phi) is 8.85. The normalized spacial score (nSPS) is 10.9. The van der Waals surface area contributed by atoms with Crippen molar-refractivity contribution >= 4 is 61.1 Å². The number of hydrogen-bond acceptors (Lipinski definition) is 4. The molecule has 178 valence electrons. The van der Waals surface area contributed by atoms with E-state index in [0.29, 0.717) is 25.9 Å². The van der Waals surface area contributed by atoms with E-state index in [2.05, 4.69) is 42.5 Å². The molecule has 0 aliphatic carbocycles. The average molecular weight is 597 g/mol. The number of nitrogens with one attached hydrogen (secondary N) is 2. The van der Waals surface area contributed by atoms with Gasteiger partial charge in [-0.15, -0.1) is 0 Å². The average Bonchev–Trinajstić information content (AvgIpc) is 2.80. The summed E-state index contributed by atoms with van der Waals surface area (Å²) in [5.74, 6) is -0.364. The van der Waals surface area contributed by atoms with Gasteiger partial charge in [0.15, 0.2) is 6.61 Å². The van der Waals surface area contributed by atoms with E-state index < -0.39 is 5.91 Å². The molecule has 3 rings (SSSR count). The number of para-hydroxylation sites is 1. The Balaban J connectivity index is 1.71. The Morgan fingerprint density at radius 3 is 2.23 bits per heavy atom. The molecule has 0 atom stereocenters. The summed E-state index contributed by atoms with van der Waals surface area (Å²) < 4.78 is 6.83. The van der Waals surface area contributed by atoms with Crippen molar-refractivity contribution in [1.29, 1.82) is 5.26 Å². The standard InChI is InChI=1S/C27H23Br2N3O3/c1-16-8-9-24(18(3)10-16)32-27(34)20(14-30)11-19-12-21(28)26(22(29)13-19)35-15-25(33)31-23-7-5-4-6-17(23)2/h4-13H,15H2,1-3H3,(H,31,33)(H,32,34)/b20-11+. The lowest BCUT2D eigenvalue weighted by atomic mass is 10.1. The molecule has 0 radical (unpaired) electrons. The predicted molar refractivity (Wildman–Crippen MR) is 145 cm³/mol. The molecule has 0 aromatic heterocycles. The zero-order valence-electron chi connectivity index (χ0n) is 19.4. The predicted octanol–water partition coefficient (Wildman–Crippen LogP) is 6.70. The van der Waals surface area contributed by atoms with E-state index >= 15 is 0 Å². The Bertz CT molecular complexity index is 1340. The summed E-state index contributed by atoms with van der Waals surface area (Å²) in [6.07, 6.45) is 1.49. The molecule has 2 amide bonds. The molecule has 0 bridgehead atoms. The molecular weight excluding hydrogens is 574 g/mol. The number of nitriles is 1. The number of nitrogens with zero attached hydrogens (tertiary/aromatic N) is 1. The fourth-order valence-electron chi connectivity index (χ4n) is 3.30. The van der Waals surface area contributed by atoms with Gasteiger partial charge in [-0.05, 0) is 99.7 Å². The zero-order valence-corrected chi connectivity index (χ0v) is 22.6. The van der Waals surface area contributed by atoms with Gasteiger partial charge >= 0.3 is 0 Å². The zero-order chi connectivity index (χ0) is 25.5. The van der Waals surface area contributed by atoms with Gasteiger partial charge in [0.05, 0.1) is 8.95 Å². The molecule has 0 aliphatic rings. The minimum atomic E-state index is -0.500. The molecule has 0 saturated heterocycles. The summed E-state index contributed by atoms with van der Waals surface area (Å²) in [6, 6.07) is 18.5. The van der Waals surface area contributed by atoms with Crippen LogP contribution in [0.1, 0.15) is 22.3 Å². The van der Waals surface area contributed by atoms with Gasteiger partial charge in [0, 0.05) is 11.4 Å². The first-order valence-corrected chi connectivity index (χ1v) is 12.2. The number of carbonyl (C=O) groups is 2. The third-order valence-corrected chi connectivity index (χ3v) is 6.27. The Labute approximate surface area is 221 Å². The topological polar surface area (TPSA) is 91.2 Å². The summed E-state index contributed by atoms with van der Waals surface area (Å²) in [4.78, 5) is 25.0. The first-order valence-electron chi connectivity index (χ1n) is 10.7. The van der Waals surface area contributed by atoms with E-state index in [1.807, 2.05) is 69.3 Å². The highest BCUT2D eigenvalue weighted by molar-refractivity contribution is 9.11. The number of aryl methyl sites for hydroxylation is 3. The summed E-state index contributed by atoms with van der Waals surface area (Å²) in [5.41, 5.74) is 4.88. The highest BCUT2D eigenvalue weighted by atomic mass is 79.9. The van der Waals surface area contributed by atoms with Crippen LogP contribution < -0.4 is 15.4 Å². The molecule has 3 aromatic rings. The molecule has 2 N–H and O–H groups in total. The molecule has 8 heteroatoms. The first-order chi connectivity index (χ1) is 16.7. The third kappa shape index (κ3) is 7.04. The maximum atomic E-state index is 12.7. The second kappa shape index (κ2) is 11.8. The van der Waals surface area contributed by atoms with Gasteiger partial charge in [-0.2, -0.15) is 5.26 Å². The van der Waals surface area contributed by atoms with Gasteiger partial charge in [0.25, 0.3) is 11.8 Å². The molecular formula is C27H23Br2N3O3. The second-order valence-corrected chi connectivity index (χ2v) is 9.62. The number of halogens is 2. The van der Waals surface area contributed by atoms with Crippen LogP contribution in [-0.2, 0) is 9.59 Å². The maximum Gasteiger partial charge on any atom is 0.266 e. The number of anilines is 2. The lowest BCUT2D eigenvalue weighted by Crippen LogP contribution is -2.20. The summed E-state index contributed by atoms with van der Waals surface area (Å²) in [7, 11) is 0. The molecule has 0 aliphatic heterocycles. The van der Waals surface area contributed by atoms with Crippen LogP contribution in [0.2, 0.25) is 0 Å². The van der Waals surface area contributed by atoms with Crippen molar-refractivity contribution in [1.82, 2.24) is 0 Å². The van der Waals surface area contributed by atoms with Crippen molar-refractivity contribution in [3.63, 3.8) is 0 Å². The van der Waals surface area contributed by atoms with E-state index in [4.69, 9.17) is 4.74 Å². The number of hydrogen-bond donors (Lipinski definition) is 2. The summed E-state index contributed by atoms with van der Waals surface area (Å²) >= 11 is 6.89. The Morgan fingerprint density at radius 1 is 0.943 bits per heavy atom. The largest absolute Gasteiger partial charge is 0.481 e. The molecule has 6 nitrogen and oxygen atoms in total. The summed E-state index contributed by atoms with van der Waals surface area (Å²) in [5, 5.41) is 15.2. The van der Waals surface area contributed by atoms with Crippen LogP contribution in [0.25, 0.3) is 6.08 Å². The Morgan fingerprint density at radius 2 is 1.60 bits per heavy atom. The monoisotopic (exact) mass is 595 g/mol. The highest BCUT2D eigenvalue weighted by Crippen LogP contribution is 2.35.